The molecule has 0 saturated carbocycles. The Morgan fingerprint density at radius 2 is 2.11 bits per heavy atom. The van der Waals surface area contributed by atoms with E-state index in [4.69, 9.17) is 17.4 Å². The van der Waals surface area contributed by atoms with Crippen LogP contribution in [0.4, 0.5) is 0 Å². The van der Waals surface area contributed by atoms with Crippen LogP contribution in [0.25, 0.3) is 0 Å². The molecular formula is C13H21ClN2O2S. The molecule has 1 aromatic rings. The number of halogens is 1. The van der Waals surface area contributed by atoms with Crippen molar-refractivity contribution in [2.24, 2.45) is 5.84 Å². The molecule has 0 aliphatic carbocycles. The maximum atomic E-state index is 11.4. The number of nitrogens with two attached hydrogens (primary N) is 1. The van der Waals surface area contributed by atoms with Crippen LogP contribution in [0.2, 0.25) is 5.02 Å². The topological polar surface area (TPSA) is 72.2 Å². The quantitative estimate of drug-likeness (QED) is 0.599. The molecule has 1 aromatic carbocycles. The average Bonchev–Trinajstić information content (AvgIpc) is 2.38. The molecule has 0 saturated heterocycles. The second kappa shape index (κ2) is 7.24. The molecule has 108 valence electrons. The minimum Gasteiger partial charge on any atom is -0.271 e. The van der Waals surface area contributed by atoms with E-state index >= 15 is 0 Å². The first-order valence-corrected chi connectivity index (χ1v) is 8.52. The highest BCUT2D eigenvalue weighted by Crippen LogP contribution is 2.23. The molecule has 19 heavy (non-hydrogen) atoms. The lowest BCUT2D eigenvalue weighted by Crippen LogP contribution is -2.28. The Morgan fingerprint density at radius 3 is 2.63 bits per heavy atom. The second-order valence-electron chi connectivity index (χ2n) is 4.61. The summed E-state index contributed by atoms with van der Waals surface area (Å²) in [6.07, 6.45) is 1.27. The van der Waals surface area contributed by atoms with E-state index in [1.807, 2.05) is 25.1 Å². The fourth-order valence-electron chi connectivity index (χ4n) is 1.88. The smallest absolute Gasteiger partial charge is 0.150 e. The molecule has 1 atom stereocenters. The minimum absolute atomic E-state index is 0.0528. The van der Waals surface area contributed by atoms with E-state index in [2.05, 4.69) is 5.43 Å². The third kappa shape index (κ3) is 5.10. The lowest BCUT2D eigenvalue weighted by molar-refractivity contribution is 0.507. The van der Waals surface area contributed by atoms with Crippen LogP contribution >= 0.6 is 11.6 Å². The number of hydrogen-bond donors (Lipinski definition) is 2. The zero-order chi connectivity index (χ0) is 14.5. The Bertz CT molecular complexity index is 517. The summed E-state index contributed by atoms with van der Waals surface area (Å²) in [4.78, 5) is 0. The fourth-order valence-corrected chi connectivity index (χ4v) is 2.90. The molecule has 0 fully saturated rings. The van der Waals surface area contributed by atoms with Crippen LogP contribution in [0, 0.1) is 6.92 Å². The maximum absolute atomic E-state index is 11.4. The van der Waals surface area contributed by atoms with E-state index in [0.29, 0.717) is 17.9 Å². The van der Waals surface area contributed by atoms with Crippen molar-refractivity contribution < 1.29 is 8.42 Å². The molecule has 0 aliphatic rings. The number of aryl methyl sites for hydroxylation is 1. The van der Waals surface area contributed by atoms with E-state index in [0.717, 1.165) is 11.1 Å². The largest absolute Gasteiger partial charge is 0.271 e. The Kier molecular flexibility index (Phi) is 6.26. The van der Waals surface area contributed by atoms with E-state index in [9.17, 15) is 8.42 Å². The van der Waals surface area contributed by atoms with Gasteiger partial charge in [0.25, 0.3) is 0 Å². The second-order valence-corrected chi connectivity index (χ2v) is 7.49. The first-order valence-electron chi connectivity index (χ1n) is 6.32. The zero-order valence-electron chi connectivity index (χ0n) is 11.3. The third-order valence-electron chi connectivity index (χ3n) is 3.17. The van der Waals surface area contributed by atoms with Crippen molar-refractivity contribution in [3.05, 3.63) is 34.3 Å². The Morgan fingerprint density at radius 1 is 1.42 bits per heavy atom. The maximum Gasteiger partial charge on any atom is 0.150 e. The standard InChI is InChI=1S/C13H21ClN2O2S/c1-3-19(17,18)8-4-5-13(16-15)11-6-7-12(14)10(2)9-11/h6-7,9,13,16H,3-5,8,15H2,1-2H3. The summed E-state index contributed by atoms with van der Waals surface area (Å²) in [5.41, 5.74) is 4.74. The number of benzene rings is 1. The van der Waals surface area contributed by atoms with Crippen LogP contribution in [0.3, 0.4) is 0 Å². The van der Waals surface area contributed by atoms with Crippen molar-refractivity contribution in [1.29, 1.82) is 0 Å². The van der Waals surface area contributed by atoms with Gasteiger partial charge in [-0.05, 0) is 37.0 Å². The number of hydrogen-bond acceptors (Lipinski definition) is 4. The Balaban J connectivity index is 2.66. The lowest BCUT2D eigenvalue weighted by Gasteiger charge is -2.17. The highest BCUT2D eigenvalue weighted by molar-refractivity contribution is 7.91. The summed E-state index contributed by atoms with van der Waals surface area (Å²) in [5, 5.41) is 0.716. The van der Waals surface area contributed by atoms with E-state index in [1.54, 1.807) is 6.92 Å². The van der Waals surface area contributed by atoms with Gasteiger partial charge in [-0.25, -0.2) is 8.42 Å². The summed E-state index contributed by atoms with van der Waals surface area (Å²) >= 11 is 5.98. The van der Waals surface area contributed by atoms with Gasteiger partial charge in [0.15, 0.2) is 0 Å². The zero-order valence-corrected chi connectivity index (χ0v) is 12.9. The lowest BCUT2D eigenvalue weighted by atomic mass is 10.0. The van der Waals surface area contributed by atoms with Gasteiger partial charge in [0.05, 0.1) is 5.75 Å². The third-order valence-corrected chi connectivity index (χ3v) is 5.39. The van der Waals surface area contributed by atoms with Gasteiger partial charge in [0, 0.05) is 16.8 Å². The van der Waals surface area contributed by atoms with Crippen molar-refractivity contribution in [3.8, 4) is 0 Å². The van der Waals surface area contributed by atoms with Crippen molar-refractivity contribution >= 4 is 21.4 Å². The SMILES string of the molecule is CCS(=O)(=O)CCCC(NN)c1ccc(Cl)c(C)c1. The van der Waals surface area contributed by atoms with Gasteiger partial charge in [-0.2, -0.15) is 0 Å². The minimum atomic E-state index is -2.91. The molecule has 0 spiro atoms. The summed E-state index contributed by atoms with van der Waals surface area (Å²) in [5.74, 6) is 5.93. The summed E-state index contributed by atoms with van der Waals surface area (Å²) < 4.78 is 22.9. The summed E-state index contributed by atoms with van der Waals surface area (Å²) in [6, 6.07) is 5.66. The normalized spacial score (nSPS) is 13.5. The van der Waals surface area contributed by atoms with Crippen LogP contribution in [0.5, 0.6) is 0 Å². The fraction of sp³-hybridized carbons (Fsp3) is 0.538. The van der Waals surface area contributed by atoms with Crippen LogP contribution in [-0.4, -0.2) is 19.9 Å². The monoisotopic (exact) mass is 304 g/mol. The molecule has 0 heterocycles. The van der Waals surface area contributed by atoms with Gasteiger partial charge >= 0.3 is 0 Å². The van der Waals surface area contributed by atoms with Crippen LogP contribution in [0.15, 0.2) is 18.2 Å². The van der Waals surface area contributed by atoms with Crippen molar-refractivity contribution in [1.82, 2.24) is 5.43 Å². The van der Waals surface area contributed by atoms with Gasteiger partial charge < -0.3 is 0 Å². The first kappa shape index (κ1) is 16.4. The molecule has 1 unspecified atom stereocenters. The van der Waals surface area contributed by atoms with Gasteiger partial charge in [-0.1, -0.05) is 30.7 Å². The predicted molar refractivity (Wildman–Crippen MR) is 79.8 cm³/mol. The molecule has 6 heteroatoms. The van der Waals surface area contributed by atoms with Gasteiger partial charge in [-0.3, -0.25) is 11.3 Å². The summed E-state index contributed by atoms with van der Waals surface area (Å²) in [7, 11) is -2.91. The molecule has 4 nitrogen and oxygen atoms in total. The number of nitrogens with one attached hydrogen (secondary N) is 1. The summed E-state index contributed by atoms with van der Waals surface area (Å²) in [6.45, 7) is 3.59. The Labute approximate surface area is 120 Å². The number of rotatable bonds is 7. The number of hydrazine groups is 1. The van der Waals surface area contributed by atoms with Crippen molar-refractivity contribution in [2.45, 2.75) is 32.7 Å². The van der Waals surface area contributed by atoms with Crippen molar-refractivity contribution in [3.63, 3.8) is 0 Å². The molecule has 0 aromatic heterocycles. The van der Waals surface area contributed by atoms with Gasteiger partial charge in [0.1, 0.15) is 9.84 Å². The molecule has 0 bridgehead atoms. The highest BCUT2D eigenvalue weighted by atomic mass is 35.5. The average molecular weight is 305 g/mol. The van der Waals surface area contributed by atoms with Gasteiger partial charge in [-0.15, -0.1) is 0 Å². The first-order chi connectivity index (χ1) is 8.89. The van der Waals surface area contributed by atoms with Gasteiger partial charge in [0.2, 0.25) is 0 Å². The molecular weight excluding hydrogens is 284 g/mol. The molecule has 0 radical (unpaired) electrons. The number of sulfone groups is 1. The predicted octanol–water partition coefficient (Wildman–Crippen LogP) is 2.37. The highest BCUT2D eigenvalue weighted by Gasteiger charge is 2.13. The van der Waals surface area contributed by atoms with Crippen LogP contribution in [0.1, 0.15) is 36.9 Å². The van der Waals surface area contributed by atoms with Crippen molar-refractivity contribution in [2.75, 3.05) is 11.5 Å². The Hall–Kier alpha value is -0.620. The van der Waals surface area contributed by atoms with E-state index in [-0.39, 0.29) is 17.5 Å². The van der Waals surface area contributed by atoms with E-state index in [1.165, 1.54) is 0 Å². The molecule has 0 aliphatic heterocycles. The molecule has 0 amide bonds. The van der Waals surface area contributed by atoms with E-state index < -0.39 is 9.84 Å². The molecule has 1 rings (SSSR count). The molecule has 3 N–H and O–H groups in total. The van der Waals surface area contributed by atoms with Crippen LogP contribution < -0.4 is 11.3 Å². The van der Waals surface area contributed by atoms with Crippen LogP contribution in [-0.2, 0) is 9.84 Å².